The first-order valence-corrected chi connectivity index (χ1v) is 4.69. The van der Waals surface area contributed by atoms with Gasteiger partial charge in [-0.3, -0.25) is 0 Å². The largest absolute Gasteiger partial charge is 0.249 e. The van der Waals surface area contributed by atoms with Gasteiger partial charge in [-0.05, 0) is 41.1 Å². The lowest BCUT2D eigenvalue weighted by atomic mass is 10.4. The van der Waals surface area contributed by atoms with E-state index in [9.17, 15) is 0 Å². The molecule has 0 radical (unpaired) electrons. The van der Waals surface area contributed by atoms with Crippen molar-refractivity contribution in [2.75, 3.05) is 0 Å². The highest BCUT2D eigenvalue weighted by Gasteiger charge is 1.98. The zero-order chi connectivity index (χ0) is 9.26. The lowest BCUT2D eigenvalue weighted by molar-refractivity contribution is 0.859. The molecule has 0 saturated carbocycles. The summed E-state index contributed by atoms with van der Waals surface area (Å²) in [5, 5.41) is 4.29. The molecule has 0 aliphatic carbocycles. The van der Waals surface area contributed by atoms with E-state index in [0.29, 0.717) is 0 Å². The number of pyridine rings is 1. The molecule has 2 aromatic heterocycles. The standard InChI is InChI=1S/C9H8BrN3/c1-7-3-5-13(12-7)8-2-4-11-9(10)6-8/h2-6H,1H3. The minimum atomic E-state index is 0.818. The molecule has 0 unspecified atom stereocenters. The van der Waals surface area contributed by atoms with Gasteiger partial charge in [0, 0.05) is 12.4 Å². The lowest BCUT2D eigenvalue weighted by Gasteiger charge is -1.99. The topological polar surface area (TPSA) is 30.7 Å². The Morgan fingerprint density at radius 3 is 2.85 bits per heavy atom. The summed E-state index contributed by atoms with van der Waals surface area (Å²) in [7, 11) is 0. The van der Waals surface area contributed by atoms with Gasteiger partial charge in [0.25, 0.3) is 0 Å². The third-order valence-electron chi connectivity index (χ3n) is 1.70. The molecule has 2 aromatic rings. The smallest absolute Gasteiger partial charge is 0.108 e. The molecule has 2 heterocycles. The predicted molar refractivity (Wildman–Crippen MR) is 53.8 cm³/mol. The monoisotopic (exact) mass is 237 g/mol. The first kappa shape index (κ1) is 8.44. The van der Waals surface area contributed by atoms with Crippen LogP contribution in [0.2, 0.25) is 0 Å². The second-order valence-corrected chi connectivity index (χ2v) is 3.55. The summed E-state index contributed by atoms with van der Waals surface area (Å²) in [6.45, 7) is 1.97. The molecular weight excluding hydrogens is 230 g/mol. The molecule has 0 aromatic carbocycles. The van der Waals surface area contributed by atoms with Gasteiger partial charge >= 0.3 is 0 Å². The van der Waals surface area contributed by atoms with E-state index in [2.05, 4.69) is 26.0 Å². The van der Waals surface area contributed by atoms with E-state index in [1.54, 1.807) is 6.20 Å². The van der Waals surface area contributed by atoms with Crippen LogP contribution in [-0.4, -0.2) is 14.8 Å². The fraction of sp³-hybridized carbons (Fsp3) is 0.111. The summed E-state index contributed by atoms with van der Waals surface area (Å²) in [6, 6.07) is 5.80. The summed E-state index contributed by atoms with van der Waals surface area (Å²) in [6.07, 6.45) is 3.67. The molecule has 0 spiro atoms. The van der Waals surface area contributed by atoms with Crippen LogP contribution in [0.25, 0.3) is 5.69 Å². The first-order chi connectivity index (χ1) is 6.25. The van der Waals surface area contributed by atoms with Crippen LogP contribution in [0, 0.1) is 6.92 Å². The quantitative estimate of drug-likeness (QED) is 0.714. The normalized spacial score (nSPS) is 10.3. The molecule has 13 heavy (non-hydrogen) atoms. The zero-order valence-corrected chi connectivity index (χ0v) is 8.69. The Labute approximate surface area is 84.5 Å². The molecule has 4 heteroatoms. The maximum absolute atomic E-state index is 4.29. The van der Waals surface area contributed by atoms with Gasteiger partial charge < -0.3 is 0 Å². The number of aromatic nitrogens is 3. The maximum atomic E-state index is 4.29. The number of aryl methyl sites for hydroxylation is 1. The lowest BCUT2D eigenvalue weighted by Crippen LogP contribution is -1.95. The molecule has 0 atom stereocenters. The molecule has 0 saturated heterocycles. The molecule has 0 fully saturated rings. The maximum Gasteiger partial charge on any atom is 0.108 e. The van der Waals surface area contributed by atoms with Crippen LogP contribution in [0.4, 0.5) is 0 Å². The van der Waals surface area contributed by atoms with Gasteiger partial charge in [-0.15, -0.1) is 0 Å². The van der Waals surface area contributed by atoms with Crippen molar-refractivity contribution in [3.8, 4) is 5.69 Å². The highest BCUT2D eigenvalue weighted by Crippen LogP contribution is 2.11. The molecule has 66 valence electrons. The van der Waals surface area contributed by atoms with Crippen LogP contribution >= 0.6 is 15.9 Å². The van der Waals surface area contributed by atoms with Crippen molar-refractivity contribution in [1.82, 2.24) is 14.8 Å². The van der Waals surface area contributed by atoms with E-state index in [4.69, 9.17) is 0 Å². The fourth-order valence-electron chi connectivity index (χ4n) is 1.09. The van der Waals surface area contributed by atoms with Crippen molar-refractivity contribution in [2.45, 2.75) is 6.92 Å². The summed E-state index contributed by atoms with van der Waals surface area (Å²) in [4.78, 5) is 4.05. The van der Waals surface area contributed by atoms with Gasteiger partial charge in [0.05, 0.1) is 11.4 Å². The highest BCUT2D eigenvalue weighted by molar-refractivity contribution is 9.10. The van der Waals surface area contributed by atoms with E-state index in [1.165, 1.54) is 0 Å². The summed E-state index contributed by atoms with van der Waals surface area (Å²) >= 11 is 3.31. The first-order valence-electron chi connectivity index (χ1n) is 3.90. The number of hydrogen-bond donors (Lipinski definition) is 0. The van der Waals surface area contributed by atoms with Gasteiger partial charge in [-0.1, -0.05) is 0 Å². The van der Waals surface area contributed by atoms with Crippen molar-refractivity contribution in [3.05, 3.63) is 40.9 Å². The van der Waals surface area contributed by atoms with E-state index >= 15 is 0 Å². The Bertz CT molecular complexity index is 422. The van der Waals surface area contributed by atoms with Crippen LogP contribution in [0.3, 0.4) is 0 Å². The highest BCUT2D eigenvalue weighted by atomic mass is 79.9. The van der Waals surface area contributed by atoms with Crippen LogP contribution < -0.4 is 0 Å². The van der Waals surface area contributed by atoms with E-state index in [-0.39, 0.29) is 0 Å². The molecule has 3 nitrogen and oxygen atoms in total. The number of halogens is 1. The van der Waals surface area contributed by atoms with Crippen LogP contribution in [-0.2, 0) is 0 Å². The van der Waals surface area contributed by atoms with Gasteiger partial charge in [-0.2, -0.15) is 5.10 Å². The van der Waals surface area contributed by atoms with E-state index in [0.717, 1.165) is 16.0 Å². The summed E-state index contributed by atoms with van der Waals surface area (Å²) in [5.41, 5.74) is 2.02. The Hall–Kier alpha value is -1.16. The third kappa shape index (κ3) is 1.78. The van der Waals surface area contributed by atoms with Gasteiger partial charge in [-0.25, -0.2) is 9.67 Å². The number of hydrogen-bond acceptors (Lipinski definition) is 2. The van der Waals surface area contributed by atoms with E-state index < -0.39 is 0 Å². The average Bonchev–Trinajstić information content (AvgIpc) is 2.52. The Morgan fingerprint density at radius 1 is 1.38 bits per heavy atom. The Balaban J connectivity index is 2.46. The molecule has 2 rings (SSSR count). The van der Waals surface area contributed by atoms with Crippen LogP contribution in [0.5, 0.6) is 0 Å². The second-order valence-electron chi connectivity index (χ2n) is 2.74. The molecular formula is C9H8BrN3. The zero-order valence-electron chi connectivity index (χ0n) is 7.11. The molecule has 0 aliphatic rings. The Morgan fingerprint density at radius 2 is 2.23 bits per heavy atom. The van der Waals surface area contributed by atoms with Gasteiger partial charge in [0.15, 0.2) is 0 Å². The van der Waals surface area contributed by atoms with E-state index in [1.807, 2.05) is 36.0 Å². The van der Waals surface area contributed by atoms with Gasteiger partial charge in [0.1, 0.15) is 4.60 Å². The van der Waals surface area contributed by atoms with Crippen molar-refractivity contribution in [2.24, 2.45) is 0 Å². The van der Waals surface area contributed by atoms with Crippen molar-refractivity contribution in [1.29, 1.82) is 0 Å². The molecule has 0 aliphatic heterocycles. The van der Waals surface area contributed by atoms with Crippen molar-refractivity contribution in [3.63, 3.8) is 0 Å². The summed E-state index contributed by atoms with van der Waals surface area (Å²) in [5.74, 6) is 0. The van der Waals surface area contributed by atoms with Gasteiger partial charge in [0.2, 0.25) is 0 Å². The fourth-order valence-corrected chi connectivity index (χ4v) is 1.45. The average molecular weight is 238 g/mol. The number of nitrogens with zero attached hydrogens (tertiary/aromatic N) is 3. The minimum Gasteiger partial charge on any atom is -0.249 e. The Kier molecular flexibility index (Phi) is 2.14. The second kappa shape index (κ2) is 3.30. The predicted octanol–water partition coefficient (Wildman–Crippen LogP) is 2.34. The van der Waals surface area contributed by atoms with Crippen molar-refractivity contribution < 1.29 is 0 Å². The van der Waals surface area contributed by atoms with Crippen LogP contribution in [0.1, 0.15) is 5.69 Å². The minimum absolute atomic E-state index is 0.818. The third-order valence-corrected chi connectivity index (χ3v) is 2.13. The molecule has 0 N–H and O–H groups in total. The molecule has 0 bridgehead atoms. The molecule has 0 amide bonds. The summed E-state index contributed by atoms with van der Waals surface area (Å²) < 4.78 is 2.64. The number of rotatable bonds is 1. The SMILES string of the molecule is Cc1ccn(-c2ccnc(Br)c2)n1. The van der Waals surface area contributed by atoms with Crippen molar-refractivity contribution >= 4 is 15.9 Å². The van der Waals surface area contributed by atoms with Crippen LogP contribution in [0.15, 0.2) is 35.2 Å².